The summed E-state index contributed by atoms with van der Waals surface area (Å²) < 4.78 is 6.18. The summed E-state index contributed by atoms with van der Waals surface area (Å²) in [4.78, 5) is 17.0. The summed E-state index contributed by atoms with van der Waals surface area (Å²) in [6.45, 7) is 4.66. The first-order valence-electron chi connectivity index (χ1n) is 9.52. The first kappa shape index (κ1) is 19.9. The van der Waals surface area contributed by atoms with E-state index in [1.807, 2.05) is 23.1 Å². The molecule has 2 aromatic rings. The fraction of sp³-hybridized carbons (Fsp3) is 0.409. The molecule has 1 fully saturated rings. The molecule has 0 bridgehead atoms. The number of hydrogen-bond donors (Lipinski definition) is 0. The van der Waals surface area contributed by atoms with Crippen molar-refractivity contribution < 1.29 is 9.53 Å². The van der Waals surface area contributed by atoms with E-state index in [0.29, 0.717) is 6.42 Å². The van der Waals surface area contributed by atoms with Gasteiger partial charge in [0.25, 0.3) is 0 Å². The van der Waals surface area contributed by atoms with Gasteiger partial charge in [-0.1, -0.05) is 36.4 Å². The van der Waals surface area contributed by atoms with Crippen molar-refractivity contribution >= 4 is 21.8 Å². The number of ether oxygens (including phenoxy) is 1. The van der Waals surface area contributed by atoms with Gasteiger partial charge in [0.1, 0.15) is 5.75 Å². The summed E-state index contributed by atoms with van der Waals surface area (Å²) >= 11 is 3.50. The van der Waals surface area contributed by atoms with Crippen LogP contribution in [0.4, 0.5) is 0 Å². The van der Waals surface area contributed by atoms with Gasteiger partial charge in [0.05, 0.1) is 11.6 Å². The van der Waals surface area contributed by atoms with E-state index < -0.39 is 0 Å². The third kappa shape index (κ3) is 5.81. The van der Waals surface area contributed by atoms with Crippen molar-refractivity contribution in [3.8, 4) is 5.75 Å². The zero-order valence-electron chi connectivity index (χ0n) is 15.9. The maximum absolute atomic E-state index is 12.5. The summed E-state index contributed by atoms with van der Waals surface area (Å²) in [5, 5.41) is 0. The smallest absolute Gasteiger partial charge is 0.222 e. The maximum atomic E-state index is 12.5. The predicted molar refractivity (Wildman–Crippen MR) is 112 cm³/mol. The number of piperazine rings is 1. The molecule has 144 valence electrons. The van der Waals surface area contributed by atoms with Crippen LogP contribution in [-0.4, -0.2) is 55.5 Å². The highest BCUT2D eigenvalue weighted by Gasteiger charge is 2.20. The molecule has 0 saturated carbocycles. The lowest BCUT2D eigenvalue weighted by molar-refractivity contribution is -0.132. The number of hydrogen-bond acceptors (Lipinski definition) is 3. The van der Waals surface area contributed by atoms with Crippen LogP contribution in [-0.2, 0) is 17.6 Å². The van der Waals surface area contributed by atoms with Crippen molar-refractivity contribution in [3.05, 3.63) is 64.1 Å². The molecule has 2 aromatic carbocycles. The van der Waals surface area contributed by atoms with E-state index in [1.54, 1.807) is 7.11 Å². The number of carbonyl (C=O) groups is 1. The van der Waals surface area contributed by atoms with Crippen LogP contribution in [0.3, 0.4) is 0 Å². The minimum Gasteiger partial charge on any atom is -0.496 e. The summed E-state index contributed by atoms with van der Waals surface area (Å²) in [6.07, 6.45) is 2.39. The van der Waals surface area contributed by atoms with Crippen LogP contribution in [0.25, 0.3) is 0 Å². The third-order valence-corrected chi connectivity index (χ3v) is 5.75. The lowest BCUT2D eigenvalue weighted by Gasteiger charge is -2.34. The van der Waals surface area contributed by atoms with Gasteiger partial charge >= 0.3 is 0 Å². The Morgan fingerprint density at radius 2 is 1.74 bits per heavy atom. The largest absolute Gasteiger partial charge is 0.496 e. The van der Waals surface area contributed by atoms with Crippen molar-refractivity contribution in [2.24, 2.45) is 0 Å². The molecular weight excluding hydrogens is 404 g/mol. The fourth-order valence-electron chi connectivity index (χ4n) is 3.43. The number of carbonyl (C=O) groups excluding carboxylic acids is 1. The Labute approximate surface area is 170 Å². The van der Waals surface area contributed by atoms with Crippen LogP contribution in [0.15, 0.2) is 53.0 Å². The maximum Gasteiger partial charge on any atom is 0.222 e. The lowest BCUT2D eigenvalue weighted by Crippen LogP contribution is -2.49. The number of rotatable bonds is 7. The highest BCUT2D eigenvalue weighted by molar-refractivity contribution is 9.10. The van der Waals surface area contributed by atoms with Gasteiger partial charge in [0.2, 0.25) is 5.91 Å². The average Bonchev–Trinajstić information content (AvgIpc) is 2.72. The topological polar surface area (TPSA) is 32.8 Å². The quantitative estimate of drug-likeness (QED) is 0.669. The zero-order chi connectivity index (χ0) is 19.1. The van der Waals surface area contributed by atoms with E-state index in [0.717, 1.165) is 61.4 Å². The zero-order valence-corrected chi connectivity index (χ0v) is 17.5. The van der Waals surface area contributed by atoms with Gasteiger partial charge in [-0.3, -0.25) is 9.69 Å². The normalized spacial score (nSPS) is 15.0. The van der Waals surface area contributed by atoms with Gasteiger partial charge in [0.15, 0.2) is 0 Å². The number of halogens is 1. The molecule has 0 radical (unpaired) electrons. The van der Waals surface area contributed by atoms with Crippen molar-refractivity contribution in [2.45, 2.75) is 19.3 Å². The summed E-state index contributed by atoms with van der Waals surface area (Å²) in [5.74, 6) is 1.07. The minimum atomic E-state index is 0.254. The van der Waals surface area contributed by atoms with Crippen LogP contribution in [0, 0.1) is 0 Å². The molecule has 1 aliphatic rings. The second kappa shape index (κ2) is 9.90. The Hall–Kier alpha value is -1.85. The monoisotopic (exact) mass is 430 g/mol. The molecule has 0 spiro atoms. The Morgan fingerprint density at radius 3 is 2.41 bits per heavy atom. The fourth-order valence-corrected chi connectivity index (χ4v) is 4.02. The summed E-state index contributed by atoms with van der Waals surface area (Å²) in [5.41, 5.74) is 2.53. The second-order valence-electron chi connectivity index (χ2n) is 6.93. The highest BCUT2D eigenvalue weighted by Crippen LogP contribution is 2.26. The van der Waals surface area contributed by atoms with E-state index in [2.05, 4.69) is 51.2 Å². The summed E-state index contributed by atoms with van der Waals surface area (Å²) in [6, 6.07) is 16.6. The Morgan fingerprint density at radius 1 is 1.00 bits per heavy atom. The van der Waals surface area contributed by atoms with Crippen molar-refractivity contribution in [2.75, 3.05) is 39.8 Å². The van der Waals surface area contributed by atoms with Gasteiger partial charge in [0, 0.05) is 39.1 Å². The molecule has 0 aliphatic carbocycles. The minimum absolute atomic E-state index is 0.254. The average molecular weight is 431 g/mol. The standard InChI is InChI=1S/C22H27BrN2O2/c1-27-21-9-7-19(17-20(21)23)8-10-22(26)25-15-13-24(14-16-25)12-11-18-5-3-2-4-6-18/h2-7,9,17H,8,10-16H2,1H3. The van der Waals surface area contributed by atoms with Gasteiger partial charge in [-0.05, 0) is 52.0 Å². The molecule has 1 heterocycles. The van der Waals surface area contributed by atoms with Gasteiger partial charge in [-0.2, -0.15) is 0 Å². The molecule has 1 aliphatic heterocycles. The number of aryl methyl sites for hydroxylation is 1. The molecule has 27 heavy (non-hydrogen) atoms. The molecule has 0 atom stereocenters. The predicted octanol–water partition coefficient (Wildman–Crippen LogP) is 3.78. The molecule has 0 aromatic heterocycles. The number of benzene rings is 2. The number of nitrogens with zero attached hydrogens (tertiary/aromatic N) is 2. The molecular formula is C22H27BrN2O2. The Balaban J connectivity index is 1.40. The van der Waals surface area contributed by atoms with Gasteiger partial charge < -0.3 is 9.64 Å². The Kier molecular flexibility index (Phi) is 7.30. The van der Waals surface area contributed by atoms with E-state index in [9.17, 15) is 4.79 Å². The van der Waals surface area contributed by atoms with Gasteiger partial charge in [-0.15, -0.1) is 0 Å². The highest BCUT2D eigenvalue weighted by atomic mass is 79.9. The lowest BCUT2D eigenvalue weighted by atomic mass is 10.1. The molecule has 4 nitrogen and oxygen atoms in total. The molecule has 3 rings (SSSR count). The summed E-state index contributed by atoms with van der Waals surface area (Å²) in [7, 11) is 1.66. The molecule has 0 unspecified atom stereocenters. The molecule has 5 heteroatoms. The second-order valence-corrected chi connectivity index (χ2v) is 7.78. The number of amides is 1. The Bertz CT molecular complexity index is 743. The van der Waals surface area contributed by atoms with E-state index in [1.165, 1.54) is 5.56 Å². The van der Waals surface area contributed by atoms with E-state index >= 15 is 0 Å². The molecule has 1 amide bonds. The third-order valence-electron chi connectivity index (χ3n) is 5.13. The van der Waals surface area contributed by atoms with Crippen LogP contribution in [0.2, 0.25) is 0 Å². The van der Waals surface area contributed by atoms with E-state index in [4.69, 9.17) is 4.74 Å². The van der Waals surface area contributed by atoms with Gasteiger partial charge in [-0.25, -0.2) is 0 Å². The first-order chi connectivity index (χ1) is 13.2. The van der Waals surface area contributed by atoms with Crippen molar-refractivity contribution in [1.82, 2.24) is 9.80 Å². The van der Waals surface area contributed by atoms with Crippen LogP contribution in [0.1, 0.15) is 17.5 Å². The van der Waals surface area contributed by atoms with Crippen LogP contribution in [0.5, 0.6) is 5.75 Å². The van der Waals surface area contributed by atoms with Crippen LogP contribution >= 0.6 is 15.9 Å². The van der Waals surface area contributed by atoms with Crippen LogP contribution < -0.4 is 4.74 Å². The molecule has 1 saturated heterocycles. The number of methoxy groups -OCH3 is 1. The SMILES string of the molecule is COc1ccc(CCC(=O)N2CCN(CCc3ccccc3)CC2)cc1Br. The first-order valence-corrected chi connectivity index (χ1v) is 10.3. The van der Waals surface area contributed by atoms with E-state index in [-0.39, 0.29) is 5.91 Å². The molecule has 0 N–H and O–H groups in total. The van der Waals surface area contributed by atoms with Crippen molar-refractivity contribution in [1.29, 1.82) is 0 Å². The van der Waals surface area contributed by atoms with Crippen molar-refractivity contribution in [3.63, 3.8) is 0 Å².